The van der Waals surface area contributed by atoms with Gasteiger partial charge in [0.15, 0.2) is 6.10 Å². The third kappa shape index (κ3) is 3.69. The first-order valence-electron chi connectivity index (χ1n) is 10.3. The molecule has 30 heavy (non-hydrogen) atoms. The number of halogens is 1. The number of fused-ring (bicyclic) bond motifs is 1. The average Bonchev–Trinajstić information content (AvgIpc) is 3.39. The zero-order chi connectivity index (χ0) is 20.7. The number of pyridine rings is 1. The highest BCUT2D eigenvalue weighted by Crippen LogP contribution is 2.32. The van der Waals surface area contributed by atoms with Crippen molar-refractivity contribution >= 4 is 17.5 Å². The average molecular weight is 411 g/mol. The Morgan fingerprint density at radius 3 is 2.83 bits per heavy atom. The second-order valence-corrected chi connectivity index (χ2v) is 7.93. The third-order valence-electron chi connectivity index (χ3n) is 5.78. The van der Waals surface area contributed by atoms with Crippen molar-refractivity contribution in [1.29, 1.82) is 0 Å². The summed E-state index contributed by atoms with van der Waals surface area (Å²) in [5.74, 6) is 0.740. The smallest absolute Gasteiger partial charge is 0.268 e. The molecular weight excluding hydrogens is 389 g/mol. The van der Waals surface area contributed by atoms with Gasteiger partial charge in [-0.25, -0.2) is 9.37 Å². The molecule has 0 bridgehead atoms. The molecule has 1 aromatic heterocycles. The van der Waals surface area contributed by atoms with Crippen LogP contribution >= 0.6 is 0 Å². The zero-order valence-corrected chi connectivity index (χ0v) is 16.4. The number of amides is 2. The van der Waals surface area contributed by atoms with Crippen molar-refractivity contribution in [3.63, 3.8) is 0 Å². The van der Waals surface area contributed by atoms with Crippen LogP contribution in [0.2, 0.25) is 0 Å². The van der Waals surface area contributed by atoms with Crippen LogP contribution in [0.3, 0.4) is 0 Å². The van der Waals surface area contributed by atoms with Crippen LogP contribution in [-0.4, -0.2) is 36.1 Å². The highest BCUT2D eigenvalue weighted by molar-refractivity contribution is 6.03. The lowest BCUT2D eigenvalue weighted by molar-refractivity contribution is -0.122. The number of carbonyl (C=O) groups is 2. The second kappa shape index (κ2) is 7.59. The SMILES string of the molecule is O=C1NCc2c(F)cc(N3CCC(Oc4ccc(OCCC5CC5)nc4)C3=O)cc21. The van der Waals surface area contributed by atoms with Crippen LogP contribution in [0, 0.1) is 11.7 Å². The van der Waals surface area contributed by atoms with Gasteiger partial charge >= 0.3 is 0 Å². The van der Waals surface area contributed by atoms with E-state index in [0.29, 0.717) is 42.5 Å². The van der Waals surface area contributed by atoms with Crippen molar-refractivity contribution < 1.29 is 23.5 Å². The molecule has 1 saturated carbocycles. The fraction of sp³-hybridized carbons (Fsp3) is 0.409. The Morgan fingerprint density at radius 2 is 2.07 bits per heavy atom. The van der Waals surface area contributed by atoms with Gasteiger partial charge in [-0.15, -0.1) is 0 Å². The molecule has 3 aliphatic rings. The molecule has 0 spiro atoms. The molecule has 2 aliphatic heterocycles. The first-order chi connectivity index (χ1) is 14.6. The van der Waals surface area contributed by atoms with Gasteiger partial charge in [0.05, 0.1) is 12.8 Å². The Morgan fingerprint density at radius 1 is 1.20 bits per heavy atom. The van der Waals surface area contributed by atoms with Crippen molar-refractivity contribution in [2.45, 2.75) is 38.3 Å². The molecule has 1 saturated heterocycles. The standard InChI is InChI=1S/C22H22FN3O4/c23-18-10-14(9-16-17(18)12-25-21(16)27)26-7-5-19(22(26)28)30-15-3-4-20(24-11-15)29-8-6-13-1-2-13/h3-4,9-11,13,19H,1-2,5-8,12H2,(H,25,27). The van der Waals surface area contributed by atoms with E-state index in [-0.39, 0.29) is 23.9 Å². The van der Waals surface area contributed by atoms with Gasteiger partial charge in [-0.2, -0.15) is 0 Å². The van der Waals surface area contributed by atoms with Gasteiger partial charge in [-0.3, -0.25) is 9.59 Å². The van der Waals surface area contributed by atoms with E-state index in [4.69, 9.17) is 9.47 Å². The highest BCUT2D eigenvalue weighted by atomic mass is 19.1. The molecule has 1 atom stereocenters. The van der Waals surface area contributed by atoms with E-state index >= 15 is 0 Å². The predicted octanol–water partition coefficient (Wildman–Crippen LogP) is 2.83. The van der Waals surface area contributed by atoms with E-state index in [2.05, 4.69) is 10.3 Å². The molecule has 1 unspecified atom stereocenters. The van der Waals surface area contributed by atoms with E-state index in [1.54, 1.807) is 24.4 Å². The van der Waals surface area contributed by atoms with Crippen LogP contribution in [0.15, 0.2) is 30.5 Å². The molecule has 1 aromatic carbocycles. The number of rotatable bonds is 7. The van der Waals surface area contributed by atoms with Crippen molar-refractivity contribution in [3.8, 4) is 11.6 Å². The minimum Gasteiger partial charge on any atom is -0.479 e. The fourth-order valence-electron chi connectivity index (χ4n) is 3.87. The minimum absolute atomic E-state index is 0.174. The van der Waals surface area contributed by atoms with Gasteiger partial charge in [-0.05, 0) is 30.5 Å². The van der Waals surface area contributed by atoms with Gasteiger partial charge in [0.2, 0.25) is 5.88 Å². The van der Waals surface area contributed by atoms with Crippen molar-refractivity contribution in [3.05, 3.63) is 47.4 Å². The summed E-state index contributed by atoms with van der Waals surface area (Å²) in [6, 6.07) is 6.33. The Labute approximate surface area is 173 Å². The van der Waals surface area contributed by atoms with Gasteiger partial charge < -0.3 is 19.7 Å². The maximum absolute atomic E-state index is 14.3. The van der Waals surface area contributed by atoms with Gasteiger partial charge in [0.1, 0.15) is 11.6 Å². The van der Waals surface area contributed by atoms with Crippen molar-refractivity contribution in [2.24, 2.45) is 5.92 Å². The molecule has 156 valence electrons. The summed E-state index contributed by atoms with van der Waals surface area (Å²) in [7, 11) is 0. The summed E-state index contributed by atoms with van der Waals surface area (Å²) in [6.45, 7) is 1.22. The lowest BCUT2D eigenvalue weighted by Crippen LogP contribution is -2.32. The van der Waals surface area contributed by atoms with Gasteiger partial charge in [0.25, 0.3) is 11.8 Å². The van der Waals surface area contributed by atoms with Crippen LogP contribution < -0.4 is 19.7 Å². The number of hydrogen-bond donors (Lipinski definition) is 1. The number of anilines is 1. The monoisotopic (exact) mass is 411 g/mol. The van der Waals surface area contributed by atoms with Crippen LogP contribution in [0.4, 0.5) is 10.1 Å². The molecule has 2 amide bonds. The number of aromatic nitrogens is 1. The van der Waals surface area contributed by atoms with E-state index in [1.165, 1.54) is 23.8 Å². The number of ether oxygens (including phenoxy) is 2. The summed E-state index contributed by atoms with van der Waals surface area (Å²) in [5, 5.41) is 2.60. The molecule has 1 aliphatic carbocycles. The normalized spacial score (nSPS) is 20.3. The molecule has 3 heterocycles. The molecule has 5 rings (SSSR count). The second-order valence-electron chi connectivity index (χ2n) is 7.93. The maximum Gasteiger partial charge on any atom is 0.268 e. The third-order valence-corrected chi connectivity index (χ3v) is 5.78. The van der Waals surface area contributed by atoms with Crippen LogP contribution in [0.25, 0.3) is 0 Å². The first kappa shape index (κ1) is 18.8. The molecule has 1 N–H and O–H groups in total. The molecular formula is C22H22FN3O4. The quantitative estimate of drug-likeness (QED) is 0.758. The van der Waals surface area contributed by atoms with Crippen molar-refractivity contribution in [2.75, 3.05) is 18.1 Å². The molecule has 2 aromatic rings. The Balaban J connectivity index is 1.22. The fourth-order valence-corrected chi connectivity index (χ4v) is 3.87. The van der Waals surface area contributed by atoms with Crippen molar-refractivity contribution in [1.82, 2.24) is 10.3 Å². The highest BCUT2D eigenvalue weighted by Gasteiger charge is 2.36. The molecule has 8 heteroatoms. The van der Waals surface area contributed by atoms with Crippen LogP contribution in [0.1, 0.15) is 41.6 Å². The van der Waals surface area contributed by atoms with E-state index in [1.807, 2.05) is 0 Å². The summed E-state index contributed by atoms with van der Waals surface area (Å²) < 4.78 is 25.8. The summed E-state index contributed by atoms with van der Waals surface area (Å²) in [5.41, 5.74) is 0.995. The number of nitrogens with one attached hydrogen (secondary N) is 1. The van der Waals surface area contributed by atoms with E-state index in [9.17, 15) is 14.0 Å². The minimum atomic E-state index is -0.682. The number of nitrogens with zero attached hydrogens (tertiary/aromatic N) is 2. The summed E-state index contributed by atoms with van der Waals surface area (Å²) >= 11 is 0. The molecule has 7 nitrogen and oxygen atoms in total. The Kier molecular flexibility index (Phi) is 4.77. The van der Waals surface area contributed by atoms with E-state index < -0.39 is 11.9 Å². The molecule has 2 fully saturated rings. The zero-order valence-electron chi connectivity index (χ0n) is 16.4. The lowest BCUT2D eigenvalue weighted by Gasteiger charge is -2.18. The number of hydrogen-bond acceptors (Lipinski definition) is 5. The summed E-state index contributed by atoms with van der Waals surface area (Å²) in [4.78, 5) is 30.4. The summed E-state index contributed by atoms with van der Waals surface area (Å²) in [6.07, 6.45) is 4.96. The molecule has 0 radical (unpaired) electrons. The van der Waals surface area contributed by atoms with Gasteiger partial charge in [-0.1, -0.05) is 12.8 Å². The van der Waals surface area contributed by atoms with E-state index in [0.717, 1.165) is 12.3 Å². The number of benzene rings is 1. The predicted molar refractivity (Wildman–Crippen MR) is 106 cm³/mol. The topological polar surface area (TPSA) is 80.8 Å². The first-order valence-corrected chi connectivity index (χ1v) is 10.3. The van der Waals surface area contributed by atoms with Crippen LogP contribution in [0.5, 0.6) is 11.6 Å². The Bertz CT molecular complexity index is 991. The Hall–Kier alpha value is -3.16. The van der Waals surface area contributed by atoms with Crippen LogP contribution in [-0.2, 0) is 11.3 Å². The largest absolute Gasteiger partial charge is 0.479 e. The number of carbonyl (C=O) groups excluding carboxylic acids is 2. The van der Waals surface area contributed by atoms with Gasteiger partial charge in [0, 0.05) is 42.4 Å². The maximum atomic E-state index is 14.3. The lowest BCUT2D eigenvalue weighted by atomic mass is 10.1.